The van der Waals surface area contributed by atoms with Crippen LogP contribution in [0.15, 0.2) is 42.5 Å². The Labute approximate surface area is 137 Å². The van der Waals surface area contributed by atoms with Crippen molar-refractivity contribution >= 4 is 28.9 Å². The van der Waals surface area contributed by atoms with E-state index in [2.05, 4.69) is 5.32 Å². The summed E-state index contributed by atoms with van der Waals surface area (Å²) >= 11 is 0. The van der Waals surface area contributed by atoms with Crippen molar-refractivity contribution in [3.8, 4) is 0 Å². The van der Waals surface area contributed by atoms with Crippen LogP contribution in [-0.2, 0) is 9.53 Å². The van der Waals surface area contributed by atoms with E-state index in [9.17, 15) is 19.7 Å². The summed E-state index contributed by atoms with van der Waals surface area (Å²) in [6.45, 7) is 1.29. The molecule has 0 bridgehead atoms. The Bertz CT molecular complexity index is 804. The van der Waals surface area contributed by atoms with Crippen LogP contribution in [0.5, 0.6) is 0 Å². The number of nitro benzene ring substituents is 1. The maximum absolute atomic E-state index is 12.0. The van der Waals surface area contributed by atoms with Gasteiger partial charge in [0.15, 0.2) is 6.61 Å². The lowest BCUT2D eigenvalue weighted by Crippen LogP contribution is -2.21. The van der Waals surface area contributed by atoms with Crippen LogP contribution < -0.4 is 11.1 Å². The Balaban J connectivity index is 2.00. The third-order valence-electron chi connectivity index (χ3n) is 3.22. The number of non-ortho nitro benzene ring substituents is 1. The van der Waals surface area contributed by atoms with E-state index in [0.717, 1.165) is 11.6 Å². The lowest BCUT2D eigenvalue weighted by molar-refractivity contribution is -0.384. The first-order valence-electron chi connectivity index (χ1n) is 6.95. The summed E-state index contributed by atoms with van der Waals surface area (Å²) in [6.07, 6.45) is 0. The molecule has 2 aromatic rings. The molecule has 24 heavy (non-hydrogen) atoms. The Morgan fingerprint density at radius 2 is 1.96 bits per heavy atom. The maximum atomic E-state index is 12.0. The molecule has 8 heteroatoms. The minimum absolute atomic E-state index is 0.0323. The van der Waals surface area contributed by atoms with Gasteiger partial charge >= 0.3 is 5.97 Å². The maximum Gasteiger partial charge on any atom is 0.341 e. The number of nitrogens with one attached hydrogen (secondary N) is 1. The van der Waals surface area contributed by atoms with Gasteiger partial charge in [-0.05, 0) is 24.6 Å². The zero-order chi connectivity index (χ0) is 17.7. The molecular formula is C16H15N3O5. The van der Waals surface area contributed by atoms with E-state index in [1.54, 1.807) is 12.1 Å². The summed E-state index contributed by atoms with van der Waals surface area (Å²) in [5, 5.41) is 13.3. The van der Waals surface area contributed by atoms with Crippen molar-refractivity contribution in [2.75, 3.05) is 17.7 Å². The zero-order valence-electron chi connectivity index (χ0n) is 12.8. The highest BCUT2D eigenvalue weighted by molar-refractivity contribution is 5.98. The second-order valence-electron chi connectivity index (χ2n) is 4.97. The standard InChI is InChI=1S/C16H15N3O5/c1-10-4-2-3-5-14(10)18-15(20)9-24-16(21)12-8-11(19(22)23)6-7-13(12)17/h2-8H,9,17H2,1H3,(H,18,20). The summed E-state index contributed by atoms with van der Waals surface area (Å²) in [4.78, 5) is 33.9. The molecule has 0 fully saturated rings. The number of hydrogen-bond acceptors (Lipinski definition) is 6. The van der Waals surface area contributed by atoms with Gasteiger partial charge in [-0.2, -0.15) is 0 Å². The largest absolute Gasteiger partial charge is 0.452 e. The van der Waals surface area contributed by atoms with Gasteiger partial charge in [0.05, 0.1) is 10.5 Å². The molecule has 0 unspecified atom stereocenters. The molecule has 1 amide bonds. The predicted octanol–water partition coefficient (Wildman–Crippen LogP) is 2.28. The Kier molecular flexibility index (Phi) is 5.10. The summed E-state index contributed by atoms with van der Waals surface area (Å²) in [7, 11) is 0. The number of nitrogens with zero attached hydrogens (tertiary/aromatic N) is 1. The molecule has 0 saturated heterocycles. The van der Waals surface area contributed by atoms with Crippen molar-refractivity contribution in [2.45, 2.75) is 6.92 Å². The van der Waals surface area contributed by atoms with Crippen LogP contribution >= 0.6 is 0 Å². The van der Waals surface area contributed by atoms with Gasteiger partial charge in [0, 0.05) is 23.5 Å². The van der Waals surface area contributed by atoms with Crippen LogP contribution in [0.1, 0.15) is 15.9 Å². The van der Waals surface area contributed by atoms with E-state index in [0.29, 0.717) is 5.69 Å². The van der Waals surface area contributed by atoms with Crippen LogP contribution in [0.4, 0.5) is 17.1 Å². The van der Waals surface area contributed by atoms with Gasteiger partial charge in [0.25, 0.3) is 11.6 Å². The van der Waals surface area contributed by atoms with Gasteiger partial charge in [-0.15, -0.1) is 0 Å². The van der Waals surface area contributed by atoms with Crippen molar-refractivity contribution < 1.29 is 19.2 Å². The van der Waals surface area contributed by atoms with E-state index in [4.69, 9.17) is 10.5 Å². The molecule has 0 radical (unpaired) electrons. The smallest absolute Gasteiger partial charge is 0.341 e. The number of benzene rings is 2. The normalized spacial score (nSPS) is 10.0. The first kappa shape index (κ1) is 16.9. The average Bonchev–Trinajstić information content (AvgIpc) is 2.55. The molecule has 0 aliphatic rings. The fourth-order valence-electron chi connectivity index (χ4n) is 1.94. The van der Waals surface area contributed by atoms with E-state index in [1.165, 1.54) is 12.1 Å². The van der Waals surface area contributed by atoms with E-state index in [-0.39, 0.29) is 16.9 Å². The van der Waals surface area contributed by atoms with Crippen LogP contribution in [0, 0.1) is 17.0 Å². The summed E-state index contributed by atoms with van der Waals surface area (Å²) in [5.41, 5.74) is 6.66. The van der Waals surface area contributed by atoms with Gasteiger partial charge in [0.2, 0.25) is 0 Å². The molecule has 8 nitrogen and oxygen atoms in total. The van der Waals surface area contributed by atoms with Crippen molar-refractivity contribution in [1.29, 1.82) is 0 Å². The fraction of sp³-hybridized carbons (Fsp3) is 0.125. The second kappa shape index (κ2) is 7.23. The topological polar surface area (TPSA) is 125 Å². The fourth-order valence-corrected chi connectivity index (χ4v) is 1.94. The van der Waals surface area contributed by atoms with E-state index in [1.807, 2.05) is 19.1 Å². The van der Waals surface area contributed by atoms with Crippen LogP contribution in [0.25, 0.3) is 0 Å². The predicted molar refractivity (Wildman–Crippen MR) is 87.6 cm³/mol. The van der Waals surface area contributed by atoms with E-state index < -0.39 is 23.4 Å². The van der Waals surface area contributed by atoms with Crippen molar-refractivity contribution in [3.63, 3.8) is 0 Å². The number of hydrogen-bond donors (Lipinski definition) is 2. The first-order chi connectivity index (χ1) is 11.4. The number of amides is 1. The van der Waals surface area contributed by atoms with Crippen molar-refractivity contribution in [2.24, 2.45) is 0 Å². The number of aryl methyl sites for hydroxylation is 1. The highest BCUT2D eigenvalue weighted by Crippen LogP contribution is 2.20. The number of carbonyl (C=O) groups excluding carboxylic acids is 2. The molecule has 0 atom stereocenters. The highest BCUT2D eigenvalue weighted by Gasteiger charge is 2.17. The molecule has 3 N–H and O–H groups in total. The number of nitrogen functional groups attached to an aromatic ring is 1. The lowest BCUT2D eigenvalue weighted by Gasteiger charge is -2.09. The Morgan fingerprint density at radius 3 is 2.62 bits per heavy atom. The summed E-state index contributed by atoms with van der Waals surface area (Å²) in [6, 6.07) is 10.6. The van der Waals surface area contributed by atoms with Crippen LogP contribution in [-0.4, -0.2) is 23.4 Å². The third-order valence-corrected chi connectivity index (χ3v) is 3.22. The van der Waals surface area contributed by atoms with Gasteiger partial charge < -0.3 is 15.8 Å². The molecule has 0 saturated carbocycles. The van der Waals surface area contributed by atoms with Gasteiger partial charge in [0.1, 0.15) is 0 Å². The molecule has 2 aromatic carbocycles. The summed E-state index contributed by atoms with van der Waals surface area (Å²) < 4.78 is 4.86. The monoisotopic (exact) mass is 329 g/mol. The number of para-hydroxylation sites is 1. The molecule has 2 rings (SSSR count). The minimum atomic E-state index is -0.906. The van der Waals surface area contributed by atoms with E-state index >= 15 is 0 Å². The summed E-state index contributed by atoms with van der Waals surface area (Å²) in [5.74, 6) is -1.43. The van der Waals surface area contributed by atoms with Crippen LogP contribution in [0.2, 0.25) is 0 Å². The number of esters is 1. The number of rotatable bonds is 5. The van der Waals surface area contributed by atoms with Crippen LogP contribution in [0.3, 0.4) is 0 Å². The molecule has 124 valence electrons. The van der Waals surface area contributed by atoms with Gasteiger partial charge in [-0.1, -0.05) is 18.2 Å². The number of nitro groups is 1. The van der Waals surface area contributed by atoms with Gasteiger partial charge in [-0.25, -0.2) is 4.79 Å². The second-order valence-corrected chi connectivity index (χ2v) is 4.97. The van der Waals surface area contributed by atoms with Crippen molar-refractivity contribution in [1.82, 2.24) is 0 Å². The minimum Gasteiger partial charge on any atom is -0.452 e. The van der Waals surface area contributed by atoms with Crippen molar-refractivity contribution in [3.05, 3.63) is 63.7 Å². The Hall–Kier alpha value is -3.42. The molecule has 0 heterocycles. The number of nitrogens with two attached hydrogens (primary N) is 1. The Morgan fingerprint density at radius 1 is 1.25 bits per heavy atom. The number of carbonyl (C=O) groups is 2. The molecule has 0 spiro atoms. The average molecular weight is 329 g/mol. The quantitative estimate of drug-likeness (QED) is 0.375. The number of anilines is 2. The first-order valence-corrected chi connectivity index (χ1v) is 6.95. The molecule has 0 aromatic heterocycles. The highest BCUT2D eigenvalue weighted by atomic mass is 16.6. The molecular weight excluding hydrogens is 314 g/mol. The molecule has 0 aliphatic carbocycles. The third kappa shape index (κ3) is 4.07. The lowest BCUT2D eigenvalue weighted by atomic mass is 10.1. The SMILES string of the molecule is Cc1ccccc1NC(=O)COC(=O)c1cc([N+](=O)[O-])ccc1N. The zero-order valence-corrected chi connectivity index (χ0v) is 12.8. The number of ether oxygens (including phenoxy) is 1. The molecule has 0 aliphatic heterocycles. The van der Waals surface area contributed by atoms with Gasteiger partial charge in [-0.3, -0.25) is 14.9 Å².